The lowest BCUT2D eigenvalue weighted by Crippen LogP contribution is -2.44. The summed E-state index contributed by atoms with van der Waals surface area (Å²) in [5.74, 6) is -0.00948. The normalized spacial score (nSPS) is 18.6. The minimum absolute atomic E-state index is 0.00171. The predicted octanol–water partition coefficient (Wildman–Crippen LogP) is 4.24. The van der Waals surface area contributed by atoms with Crippen molar-refractivity contribution in [3.8, 4) is 10.4 Å². The highest BCUT2D eigenvalue weighted by Crippen LogP contribution is 2.38. The molecule has 4 nitrogen and oxygen atoms in total. The molecule has 1 fully saturated rings. The average Bonchev–Trinajstić information content (AvgIpc) is 3.45. The molecule has 3 aromatic rings. The van der Waals surface area contributed by atoms with Gasteiger partial charge >= 0.3 is 0 Å². The topological polar surface area (TPSA) is 49.4 Å². The number of carbonyl (C=O) groups is 2. The van der Waals surface area contributed by atoms with Gasteiger partial charge in [-0.1, -0.05) is 48.5 Å². The van der Waals surface area contributed by atoms with E-state index in [0.29, 0.717) is 31.5 Å². The number of hydrogen-bond donors (Lipinski definition) is 1. The number of nitrogens with zero attached hydrogens (tertiary/aromatic N) is 1. The van der Waals surface area contributed by atoms with Crippen molar-refractivity contribution in [2.45, 2.75) is 12.8 Å². The van der Waals surface area contributed by atoms with E-state index in [1.54, 1.807) is 18.4 Å². The number of rotatable bonds is 5. The SMILES string of the molecule is CNC(=O)C1(Cc2ccccc2-c2cccs2)CCN(C(=O)c2ccccc2)C1. The Kier molecular flexibility index (Phi) is 5.49. The van der Waals surface area contributed by atoms with Crippen LogP contribution < -0.4 is 5.32 Å². The molecule has 1 N–H and O–H groups in total. The fourth-order valence-corrected chi connectivity index (χ4v) is 4.98. The molecule has 0 spiro atoms. The summed E-state index contributed by atoms with van der Waals surface area (Å²) in [5, 5.41) is 4.91. The van der Waals surface area contributed by atoms with Gasteiger partial charge in [0.15, 0.2) is 0 Å². The van der Waals surface area contributed by atoms with Gasteiger partial charge in [-0.05, 0) is 47.5 Å². The highest BCUT2D eigenvalue weighted by molar-refractivity contribution is 7.13. The minimum Gasteiger partial charge on any atom is -0.359 e. The first-order chi connectivity index (χ1) is 14.1. The molecule has 2 amide bonds. The molecule has 148 valence electrons. The Hall–Kier alpha value is -2.92. The summed E-state index contributed by atoms with van der Waals surface area (Å²) in [4.78, 5) is 29.0. The van der Waals surface area contributed by atoms with Crippen molar-refractivity contribution in [2.24, 2.45) is 5.41 Å². The number of thiophene rings is 1. The molecule has 1 atom stereocenters. The van der Waals surface area contributed by atoms with Crippen molar-refractivity contribution < 1.29 is 9.59 Å². The zero-order valence-electron chi connectivity index (χ0n) is 16.4. The zero-order chi connectivity index (χ0) is 20.3. The number of nitrogens with one attached hydrogen (secondary N) is 1. The molecule has 1 aliphatic heterocycles. The van der Waals surface area contributed by atoms with Crippen LogP contribution in [0.3, 0.4) is 0 Å². The van der Waals surface area contributed by atoms with Crippen LogP contribution in [-0.4, -0.2) is 36.9 Å². The molecule has 1 aromatic heterocycles. The van der Waals surface area contributed by atoms with Gasteiger partial charge in [0.2, 0.25) is 5.91 Å². The standard InChI is InChI=1S/C24H24N2O2S/c1-25-23(28)24(13-14-26(17-24)22(27)18-8-3-2-4-9-18)16-19-10-5-6-11-20(19)21-12-7-15-29-21/h2-12,15H,13-14,16-17H2,1H3,(H,25,28). The van der Waals surface area contributed by atoms with Crippen LogP contribution in [-0.2, 0) is 11.2 Å². The quantitative estimate of drug-likeness (QED) is 0.692. The Labute approximate surface area is 175 Å². The van der Waals surface area contributed by atoms with Crippen LogP contribution in [0, 0.1) is 5.41 Å². The summed E-state index contributed by atoms with van der Waals surface area (Å²) in [6, 6.07) is 21.7. The van der Waals surface area contributed by atoms with Gasteiger partial charge in [0.1, 0.15) is 0 Å². The Morgan fingerprint density at radius 1 is 1.03 bits per heavy atom. The van der Waals surface area contributed by atoms with Crippen LogP contribution in [0.15, 0.2) is 72.1 Å². The second-order valence-corrected chi connectivity index (χ2v) is 8.46. The molecule has 1 unspecified atom stereocenters. The van der Waals surface area contributed by atoms with E-state index in [1.165, 1.54) is 10.4 Å². The lowest BCUT2D eigenvalue weighted by Gasteiger charge is -2.28. The Bertz CT molecular complexity index is 1000. The van der Waals surface area contributed by atoms with Crippen LogP contribution in [0.1, 0.15) is 22.3 Å². The van der Waals surface area contributed by atoms with E-state index in [9.17, 15) is 9.59 Å². The van der Waals surface area contributed by atoms with E-state index in [4.69, 9.17) is 0 Å². The molecule has 0 radical (unpaired) electrons. The molecule has 5 heteroatoms. The Morgan fingerprint density at radius 2 is 1.79 bits per heavy atom. The number of carbonyl (C=O) groups excluding carboxylic acids is 2. The van der Waals surface area contributed by atoms with Crippen LogP contribution in [0.2, 0.25) is 0 Å². The van der Waals surface area contributed by atoms with Gasteiger partial charge in [-0.25, -0.2) is 0 Å². The second-order valence-electron chi connectivity index (χ2n) is 7.51. The van der Waals surface area contributed by atoms with Crippen molar-refractivity contribution in [3.63, 3.8) is 0 Å². The maximum absolute atomic E-state index is 13.0. The van der Waals surface area contributed by atoms with Gasteiger partial charge in [0, 0.05) is 30.6 Å². The maximum atomic E-state index is 13.0. The third kappa shape index (κ3) is 3.83. The molecule has 0 aliphatic carbocycles. The first-order valence-electron chi connectivity index (χ1n) is 9.81. The molecule has 2 aromatic carbocycles. The van der Waals surface area contributed by atoms with E-state index >= 15 is 0 Å². The first-order valence-corrected chi connectivity index (χ1v) is 10.7. The van der Waals surface area contributed by atoms with Crippen molar-refractivity contribution in [1.29, 1.82) is 0 Å². The molecule has 29 heavy (non-hydrogen) atoms. The number of hydrogen-bond acceptors (Lipinski definition) is 3. The van der Waals surface area contributed by atoms with Crippen LogP contribution in [0.25, 0.3) is 10.4 Å². The second kappa shape index (κ2) is 8.21. The van der Waals surface area contributed by atoms with Gasteiger partial charge in [0.05, 0.1) is 5.41 Å². The third-order valence-electron chi connectivity index (χ3n) is 5.70. The summed E-state index contributed by atoms with van der Waals surface area (Å²) < 4.78 is 0. The summed E-state index contributed by atoms with van der Waals surface area (Å²) in [5.41, 5.74) is 2.36. The Morgan fingerprint density at radius 3 is 2.52 bits per heavy atom. The predicted molar refractivity (Wildman–Crippen MR) is 117 cm³/mol. The third-order valence-corrected chi connectivity index (χ3v) is 6.61. The van der Waals surface area contributed by atoms with Crippen LogP contribution >= 0.6 is 11.3 Å². The summed E-state index contributed by atoms with van der Waals surface area (Å²) in [7, 11) is 1.68. The van der Waals surface area contributed by atoms with Crippen molar-refractivity contribution in [3.05, 3.63) is 83.2 Å². The molecule has 0 bridgehead atoms. The van der Waals surface area contributed by atoms with Gasteiger partial charge in [-0.2, -0.15) is 0 Å². The van der Waals surface area contributed by atoms with Crippen molar-refractivity contribution in [1.82, 2.24) is 10.2 Å². The highest BCUT2D eigenvalue weighted by Gasteiger charge is 2.46. The van der Waals surface area contributed by atoms with E-state index < -0.39 is 5.41 Å². The van der Waals surface area contributed by atoms with Crippen LogP contribution in [0.4, 0.5) is 0 Å². The molecule has 2 heterocycles. The zero-order valence-corrected chi connectivity index (χ0v) is 17.2. The fourth-order valence-electron chi connectivity index (χ4n) is 4.20. The van der Waals surface area contributed by atoms with E-state index in [-0.39, 0.29) is 11.8 Å². The maximum Gasteiger partial charge on any atom is 0.253 e. The molecule has 4 rings (SSSR count). The summed E-state index contributed by atoms with van der Waals surface area (Å²) in [6.07, 6.45) is 1.27. The monoisotopic (exact) mass is 404 g/mol. The van der Waals surface area contributed by atoms with Crippen molar-refractivity contribution in [2.75, 3.05) is 20.1 Å². The largest absolute Gasteiger partial charge is 0.359 e. The fraction of sp³-hybridized carbons (Fsp3) is 0.250. The average molecular weight is 405 g/mol. The first kappa shape index (κ1) is 19.4. The molecule has 0 saturated carbocycles. The lowest BCUT2D eigenvalue weighted by atomic mass is 9.78. The van der Waals surface area contributed by atoms with E-state index in [1.807, 2.05) is 53.4 Å². The van der Waals surface area contributed by atoms with Gasteiger partial charge < -0.3 is 10.2 Å². The summed E-state index contributed by atoms with van der Waals surface area (Å²) >= 11 is 1.70. The molecule has 1 aliphatic rings. The molecular formula is C24H24N2O2S. The van der Waals surface area contributed by atoms with Gasteiger partial charge in [-0.3, -0.25) is 9.59 Å². The van der Waals surface area contributed by atoms with Crippen LogP contribution in [0.5, 0.6) is 0 Å². The lowest BCUT2D eigenvalue weighted by molar-refractivity contribution is -0.129. The van der Waals surface area contributed by atoms with Gasteiger partial charge in [0.25, 0.3) is 5.91 Å². The minimum atomic E-state index is -0.618. The molecular weight excluding hydrogens is 380 g/mol. The van der Waals surface area contributed by atoms with Crippen molar-refractivity contribution >= 4 is 23.2 Å². The smallest absolute Gasteiger partial charge is 0.253 e. The van der Waals surface area contributed by atoms with Gasteiger partial charge in [-0.15, -0.1) is 11.3 Å². The highest BCUT2D eigenvalue weighted by atomic mass is 32.1. The van der Waals surface area contributed by atoms with E-state index in [0.717, 1.165) is 5.56 Å². The Balaban J connectivity index is 1.63. The number of likely N-dealkylation sites (tertiary alicyclic amines) is 1. The summed E-state index contributed by atoms with van der Waals surface area (Å²) in [6.45, 7) is 1.02. The number of amides is 2. The number of benzene rings is 2. The van der Waals surface area contributed by atoms with E-state index in [2.05, 4.69) is 28.9 Å². The molecule has 1 saturated heterocycles.